The lowest BCUT2D eigenvalue weighted by Gasteiger charge is -2.13. The Labute approximate surface area is 184 Å². The number of ether oxygens (including phenoxy) is 2. The van der Waals surface area contributed by atoms with Crippen LogP contribution in [0.1, 0.15) is 11.1 Å². The molecule has 0 spiro atoms. The van der Waals surface area contributed by atoms with E-state index < -0.39 is 0 Å². The van der Waals surface area contributed by atoms with Crippen molar-refractivity contribution in [3.8, 4) is 11.5 Å². The van der Waals surface area contributed by atoms with Gasteiger partial charge in [0, 0.05) is 20.1 Å². The van der Waals surface area contributed by atoms with Crippen molar-refractivity contribution >= 4 is 45.9 Å². The molecule has 5 nitrogen and oxygen atoms in total. The minimum Gasteiger partial charge on any atom is -0.493 e. The average molecular weight is 552 g/mol. The van der Waals surface area contributed by atoms with Crippen LogP contribution < -0.4 is 20.1 Å². The van der Waals surface area contributed by atoms with Crippen molar-refractivity contribution in [2.45, 2.75) is 13.0 Å². The number of guanidine groups is 1. The number of nitrogens with zero attached hydrogens (tertiary/aromatic N) is 1. The quantitative estimate of drug-likeness (QED) is 0.309. The van der Waals surface area contributed by atoms with Crippen molar-refractivity contribution in [2.24, 2.45) is 4.99 Å². The summed E-state index contributed by atoms with van der Waals surface area (Å²) in [6.45, 7) is 1.28. The third-order valence-electron chi connectivity index (χ3n) is 3.82. The number of methoxy groups -OCH3 is 2. The summed E-state index contributed by atoms with van der Waals surface area (Å²) in [5.41, 5.74) is 2.09. The molecule has 0 bridgehead atoms. The smallest absolute Gasteiger partial charge is 0.191 e. The zero-order valence-electron chi connectivity index (χ0n) is 15.5. The zero-order valence-corrected chi connectivity index (χ0v) is 19.4. The minimum absolute atomic E-state index is 0. The van der Waals surface area contributed by atoms with Gasteiger partial charge in [0.1, 0.15) is 5.82 Å². The normalized spacial score (nSPS) is 10.8. The highest BCUT2D eigenvalue weighted by molar-refractivity contribution is 14.0. The Morgan fingerprint density at radius 2 is 1.74 bits per heavy atom. The highest BCUT2D eigenvalue weighted by Crippen LogP contribution is 2.27. The lowest BCUT2D eigenvalue weighted by Crippen LogP contribution is -2.37. The number of hydrogen-bond donors (Lipinski definition) is 2. The van der Waals surface area contributed by atoms with Crippen LogP contribution in [0.4, 0.5) is 4.39 Å². The first-order valence-electron chi connectivity index (χ1n) is 8.16. The van der Waals surface area contributed by atoms with Gasteiger partial charge in [-0.2, -0.15) is 0 Å². The fourth-order valence-electron chi connectivity index (χ4n) is 2.42. The number of benzene rings is 2. The van der Waals surface area contributed by atoms with Crippen LogP contribution in [-0.4, -0.2) is 33.8 Å². The molecule has 2 aromatic rings. The van der Waals surface area contributed by atoms with Crippen molar-refractivity contribution in [1.29, 1.82) is 0 Å². The van der Waals surface area contributed by atoms with Gasteiger partial charge in [-0.05, 0) is 57.7 Å². The molecule has 0 unspecified atom stereocenters. The van der Waals surface area contributed by atoms with Crippen LogP contribution in [0.3, 0.4) is 0 Å². The number of hydrogen-bond acceptors (Lipinski definition) is 3. The first-order chi connectivity index (χ1) is 12.6. The molecule has 0 aliphatic heterocycles. The summed E-state index contributed by atoms with van der Waals surface area (Å²) >= 11 is 3.20. The number of rotatable bonds is 7. The molecule has 0 aromatic heterocycles. The Hall–Kier alpha value is -1.55. The molecule has 2 N–H and O–H groups in total. The van der Waals surface area contributed by atoms with Gasteiger partial charge in [-0.1, -0.05) is 12.1 Å². The number of halogens is 3. The summed E-state index contributed by atoms with van der Waals surface area (Å²) in [6, 6.07) is 10.8. The maximum Gasteiger partial charge on any atom is 0.191 e. The molecule has 27 heavy (non-hydrogen) atoms. The van der Waals surface area contributed by atoms with Gasteiger partial charge in [0.15, 0.2) is 17.5 Å². The Kier molecular flexibility index (Phi) is 10.5. The van der Waals surface area contributed by atoms with E-state index in [0.29, 0.717) is 35.0 Å². The van der Waals surface area contributed by atoms with Crippen LogP contribution in [0.2, 0.25) is 0 Å². The Balaban J connectivity index is 0.00000364. The van der Waals surface area contributed by atoms with Crippen molar-refractivity contribution in [1.82, 2.24) is 10.6 Å². The molecule has 0 atom stereocenters. The van der Waals surface area contributed by atoms with E-state index in [-0.39, 0.29) is 29.8 Å². The molecule has 8 heteroatoms. The van der Waals surface area contributed by atoms with Crippen LogP contribution in [0.15, 0.2) is 45.9 Å². The summed E-state index contributed by atoms with van der Waals surface area (Å²) in [6.07, 6.45) is 0.760. The molecule has 2 aromatic carbocycles. The van der Waals surface area contributed by atoms with E-state index in [9.17, 15) is 4.39 Å². The van der Waals surface area contributed by atoms with Gasteiger partial charge in [-0.25, -0.2) is 4.39 Å². The Morgan fingerprint density at radius 3 is 2.37 bits per heavy atom. The van der Waals surface area contributed by atoms with Gasteiger partial charge in [0.05, 0.1) is 18.7 Å². The van der Waals surface area contributed by atoms with E-state index in [1.54, 1.807) is 33.4 Å². The fourth-order valence-corrected chi connectivity index (χ4v) is 2.84. The van der Waals surface area contributed by atoms with Crippen molar-refractivity contribution in [3.05, 3.63) is 57.8 Å². The van der Waals surface area contributed by atoms with Crippen molar-refractivity contribution in [2.75, 3.05) is 27.8 Å². The van der Waals surface area contributed by atoms with Gasteiger partial charge in [-0.3, -0.25) is 4.99 Å². The lowest BCUT2D eigenvalue weighted by molar-refractivity contribution is 0.354. The predicted octanol–water partition coefficient (Wildman–Crippen LogP) is 4.13. The van der Waals surface area contributed by atoms with Gasteiger partial charge in [0.2, 0.25) is 0 Å². The van der Waals surface area contributed by atoms with Crippen LogP contribution >= 0.6 is 39.9 Å². The van der Waals surface area contributed by atoms with Crippen LogP contribution in [0.5, 0.6) is 11.5 Å². The second-order valence-corrected chi connectivity index (χ2v) is 6.39. The van der Waals surface area contributed by atoms with E-state index in [1.165, 1.54) is 6.07 Å². The summed E-state index contributed by atoms with van der Waals surface area (Å²) in [5, 5.41) is 6.50. The summed E-state index contributed by atoms with van der Waals surface area (Å²) < 4.78 is 24.3. The summed E-state index contributed by atoms with van der Waals surface area (Å²) in [4.78, 5) is 4.21. The van der Waals surface area contributed by atoms with E-state index in [4.69, 9.17) is 9.47 Å². The van der Waals surface area contributed by atoms with Gasteiger partial charge in [0.25, 0.3) is 0 Å². The maximum atomic E-state index is 13.3. The fraction of sp³-hybridized carbons (Fsp3) is 0.316. The third kappa shape index (κ3) is 7.17. The molecule has 0 saturated carbocycles. The molecular weight excluding hydrogens is 528 g/mol. The van der Waals surface area contributed by atoms with Gasteiger partial charge in [-0.15, -0.1) is 24.0 Å². The summed E-state index contributed by atoms with van der Waals surface area (Å²) in [7, 11) is 4.95. The number of aliphatic imine (C=N–C) groups is 1. The summed E-state index contributed by atoms with van der Waals surface area (Å²) in [5.74, 6) is 1.83. The van der Waals surface area contributed by atoms with Gasteiger partial charge >= 0.3 is 0 Å². The second-order valence-electron chi connectivity index (χ2n) is 5.54. The highest BCUT2D eigenvalue weighted by atomic mass is 127. The van der Waals surface area contributed by atoms with E-state index in [0.717, 1.165) is 17.5 Å². The third-order valence-corrected chi connectivity index (χ3v) is 4.43. The lowest BCUT2D eigenvalue weighted by atomic mass is 10.1. The molecule has 0 radical (unpaired) electrons. The zero-order chi connectivity index (χ0) is 18.9. The molecule has 148 valence electrons. The molecule has 0 amide bonds. The monoisotopic (exact) mass is 551 g/mol. The van der Waals surface area contributed by atoms with Crippen LogP contribution in [-0.2, 0) is 13.0 Å². The van der Waals surface area contributed by atoms with Crippen molar-refractivity contribution in [3.63, 3.8) is 0 Å². The first-order valence-corrected chi connectivity index (χ1v) is 8.96. The topological polar surface area (TPSA) is 54.9 Å². The standard InChI is InChI=1S/C19H23BrFN3O2.HI/c1-22-19(23-9-8-13-4-6-16(21)15(20)10-13)24-12-14-5-7-17(25-2)18(11-14)26-3;/h4-7,10-11H,8-9,12H2,1-3H3,(H2,22,23,24);1H. The minimum atomic E-state index is -0.255. The highest BCUT2D eigenvalue weighted by Gasteiger charge is 2.06. The maximum absolute atomic E-state index is 13.3. The largest absolute Gasteiger partial charge is 0.493 e. The number of nitrogens with one attached hydrogen (secondary N) is 2. The molecular formula is C19H24BrFIN3O2. The van der Waals surface area contributed by atoms with E-state index >= 15 is 0 Å². The van der Waals surface area contributed by atoms with Crippen LogP contribution in [0.25, 0.3) is 0 Å². The molecule has 0 heterocycles. The first kappa shape index (κ1) is 23.5. The van der Waals surface area contributed by atoms with E-state index in [2.05, 4.69) is 31.6 Å². The Bertz CT molecular complexity index is 775. The SMILES string of the molecule is CN=C(NCCc1ccc(F)c(Br)c1)NCc1ccc(OC)c(OC)c1.I. The predicted molar refractivity (Wildman–Crippen MR) is 121 cm³/mol. The molecule has 2 rings (SSSR count). The molecule has 0 saturated heterocycles. The average Bonchev–Trinajstić information content (AvgIpc) is 2.66. The molecule has 0 aliphatic rings. The van der Waals surface area contributed by atoms with E-state index in [1.807, 2.05) is 18.2 Å². The second kappa shape index (κ2) is 12.0. The van der Waals surface area contributed by atoms with Crippen LogP contribution in [0, 0.1) is 5.82 Å². The van der Waals surface area contributed by atoms with Crippen molar-refractivity contribution < 1.29 is 13.9 Å². The Morgan fingerprint density at radius 1 is 1.04 bits per heavy atom. The van der Waals surface area contributed by atoms with Gasteiger partial charge < -0.3 is 20.1 Å². The molecule has 0 aliphatic carbocycles. The molecule has 0 fully saturated rings.